The van der Waals surface area contributed by atoms with E-state index in [4.69, 9.17) is 21.1 Å². The molecule has 2 amide bonds. The van der Waals surface area contributed by atoms with Gasteiger partial charge in [-0.05, 0) is 38.5 Å². The Balaban J connectivity index is 2.90. The summed E-state index contributed by atoms with van der Waals surface area (Å²) >= 11 is 5.84. The number of benzene rings is 1. The first-order valence-electron chi connectivity index (χ1n) is 6.64. The van der Waals surface area contributed by atoms with Crippen LogP contribution in [-0.2, 0) is 9.47 Å². The highest BCUT2D eigenvalue weighted by Crippen LogP contribution is 2.21. The van der Waals surface area contributed by atoms with Crippen LogP contribution in [0.3, 0.4) is 0 Å². The number of amides is 2. The highest BCUT2D eigenvalue weighted by Gasteiger charge is 2.25. The zero-order chi connectivity index (χ0) is 15.8. The van der Waals surface area contributed by atoms with Gasteiger partial charge in [0.1, 0.15) is 0 Å². The minimum atomic E-state index is -0.716. The molecule has 7 heteroatoms. The molecule has 0 aliphatic heterocycles. The van der Waals surface area contributed by atoms with Gasteiger partial charge in [0.05, 0.1) is 19.3 Å². The summed E-state index contributed by atoms with van der Waals surface area (Å²) in [5.41, 5.74) is 3.18. The Bertz CT molecular complexity index is 478. The molecular formula is C14H19ClN2O4. The largest absolute Gasteiger partial charge is 0.449 e. The Kier molecular flexibility index (Phi) is 6.81. The van der Waals surface area contributed by atoms with Gasteiger partial charge in [-0.1, -0.05) is 23.7 Å². The maximum atomic E-state index is 12.0. The normalized spacial score (nSPS) is 11.4. The molecule has 0 radical (unpaired) electrons. The number of hydrazine groups is 1. The van der Waals surface area contributed by atoms with Crippen LogP contribution in [0.5, 0.6) is 0 Å². The summed E-state index contributed by atoms with van der Waals surface area (Å²) < 4.78 is 9.73. The van der Waals surface area contributed by atoms with Crippen LogP contribution in [0.25, 0.3) is 0 Å². The number of nitrogens with one attached hydrogen (secondary N) is 1. The zero-order valence-electron chi connectivity index (χ0n) is 12.3. The van der Waals surface area contributed by atoms with E-state index in [0.29, 0.717) is 5.02 Å². The van der Waals surface area contributed by atoms with Gasteiger partial charge in [-0.15, -0.1) is 0 Å². The van der Waals surface area contributed by atoms with Crippen LogP contribution in [-0.4, -0.2) is 30.4 Å². The molecule has 1 atom stereocenters. The fraction of sp³-hybridized carbons (Fsp3) is 0.429. The van der Waals surface area contributed by atoms with Crippen molar-refractivity contribution in [1.82, 2.24) is 10.4 Å². The summed E-state index contributed by atoms with van der Waals surface area (Å²) in [6, 6.07) is 6.52. The fourth-order valence-corrected chi connectivity index (χ4v) is 1.77. The summed E-state index contributed by atoms with van der Waals surface area (Å²) in [6.07, 6.45) is -1.38. The van der Waals surface area contributed by atoms with Crippen LogP contribution in [0.2, 0.25) is 5.02 Å². The van der Waals surface area contributed by atoms with E-state index in [-0.39, 0.29) is 13.2 Å². The van der Waals surface area contributed by atoms with Crippen molar-refractivity contribution in [2.75, 3.05) is 13.2 Å². The summed E-state index contributed by atoms with van der Waals surface area (Å²) in [5.74, 6) is 0. The van der Waals surface area contributed by atoms with Gasteiger partial charge >= 0.3 is 12.2 Å². The zero-order valence-corrected chi connectivity index (χ0v) is 13.0. The molecule has 1 aromatic carbocycles. The van der Waals surface area contributed by atoms with E-state index in [1.807, 2.05) is 0 Å². The quantitative estimate of drug-likeness (QED) is 0.863. The van der Waals surface area contributed by atoms with Crippen LogP contribution in [0.1, 0.15) is 32.4 Å². The van der Waals surface area contributed by atoms with Crippen molar-refractivity contribution in [1.29, 1.82) is 0 Å². The van der Waals surface area contributed by atoms with Crippen LogP contribution in [0, 0.1) is 0 Å². The third-order valence-corrected chi connectivity index (χ3v) is 2.94. The Labute approximate surface area is 128 Å². The molecule has 1 rings (SSSR count). The Hall–Kier alpha value is -1.95. The van der Waals surface area contributed by atoms with Crippen LogP contribution in [0.15, 0.2) is 24.3 Å². The SMILES string of the molecule is CCOC(=O)NN(C(=O)OCC)C(C)c1ccc(Cl)cc1. The van der Waals surface area contributed by atoms with Crippen molar-refractivity contribution in [3.05, 3.63) is 34.9 Å². The van der Waals surface area contributed by atoms with Crippen molar-refractivity contribution < 1.29 is 19.1 Å². The lowest BCUT2D eigenvalue weighted by atomic mass is 10.1. The van der Waals surface area contributed by atoms with E-state index in [0.717, 1.165) is 10.6 Å². The minimum absolute atomic E-state index is 0.202. The van der Waals surface area contributed by atoms with Gasteiger partial charge in [0, 0.05) is 5.02 Å². The van der Waals surface area contributed by atoms with Gasteiger partial charge in [0.15, 0.2) is 0 Å². The highest BCUT2D eigenvalue weighted by atomic mass is 35.5. The van der Waals surface area contributed by atoms with Gasteiger partial charge in [-0.25, -0.2) is 20.0 Å². The molecule has 0 aliphatic rings. The van der Waals surface area contributed by atoms with E-state index in [2.05, 4.69) is 5.43 Å². The predicted octanol–water partition coefficient (Wildman–Crippen LogP) is 3.52. The Morgan fingerprint density at radius 2 is 1.76 bits per heavy atom. The van der Waals surface area contributed by atoms with Crippen LogP contribution in [0.4, 0.5) is 9.59 Å². The first-order chi connectivity index (χ1) is 9.99. The van der Waals surface area contributed by atoms with Crippen LogP contribution >= 0.6 is 11.6 Å². The van der Waals surface area contributed by atoms with E-state index in [1.165, 1.54) is 0 Å². The van der Waals surface area contributed by atoms with E-state index < -0.39 is 18.2 Å². The molecule has 0 saturated carbocycles. The number of ether oxygens (including phenoxy) is 2. The summed E-state index contributed by atoms with van der Waals surface area (Å²) in [4.78, 5) is 23.5. The van der Waals surface area contributed by atoms with Gasteiger partial charge < -0.3 is 9.47 Å². The third kappa shape index (κ3) is 5.15. The molecule has 0 aliphatic carbocycles. The van der Waals surface area contributed by atoms with Crippen LogP contribution < -0.4 is 5.43 Å². The number of hydrogen-bond donors (Lipinski definition) is 1. The Morgan fingerprint density at radius 1 is 1.19 bits per heavy atom. The second kappa shape index (κ2) is 8.36. The Morgan fingerprint density at radius 3 is 2.29 bits per heavy atom. The average molecular weight is 315 g/mol. The van der Waals surface area contributed by atoms with Gasteiger partial charge in [0.2, 0.25) is 0 Å². The molecule has 0 fully saturated rings. The molecule has 0 spiro atoms. The smallest absolute Gasteiger partial charge is 0.429 e. The molecule has 116 valence electrons. The third-order valence-electron chi connectivity index (χ3n) is 2.69. The number of carbonyl (C=O) groups excluding carboxylic acids is 2. The molecule has 0 bridgehead atoms. The molecule has 0 heterocycles. The molecule has 1 aromatic rings. The first-order valence-corrected chi connectivity index (χ1v) is 7.02. The second-order valence-corrected chi connectivity index (χ2v) is 4.57. The van der Waals surface area contributed by atoms with E-state index in [1.54, 1.807) is 45.0 Å². The maximum Gasteiger partial charge on any atom is 0.429 e. The summed E-state index contributed by atoms with van der Waals surface area (Å²) in [6.45, 7) is 5.53. The van der Waals surface area contributed by atoms with Crippen molar-refractivity contribution >= 4 is 23.8 Å². The molecule has 0 saturated heterocycles. The average Bonchev–Trinajstić information content (AvgIpc) is 2.45. The molecular weight excluding hydrogens is 296 g/mol. The number of carbonyl (C=O) groups is 2. The van der Waals surface area contributed by atoms with Gasteiger partial charge in [-0.3, -0.25) is 0 Å². The fourth-order valence-electron chi connectivity index (χ4n) is 1.65. The molecule has 1 unspecified atom stereocenters. The lowest BCUT2D eigenvalue weighted by Crippen LogP contribution is -2.48. The number of halogens is 1. The highest BCUT2D eigenvalue weighted by molar-refractivity contribution is 6.30. The lowest BCUT2D eigenvalue weighted by Gasteiger charge is -2.28. The molecule has 6 nitrogen and oxygen atoms in total. The van der Waals surface area contributed by atoms with Crippen molar-refractivity contribution in [3.63, 3.8) is 0 Å². The predicted molar refractivity (Wildman–Crippen MR) is 78.9 cm³/mol. The summed E-state index contributed by atoms with van der Waals surface area (Å²) in [7, 11) is 0. The van der Waals surface area contributed by atoms with Crippen molar-refractivity contribution in [3.8, 4) is 0 Å². The van der Waals surface area contributed by atoms with E-state index in [9.17, 15) is 9.59 Å². The second-order valence-electron chi connectivity index (χ2n) is 4.13. The molecule has 21 heavy (non-hydrogen) atoms. The number of hydrogen-bond acceptors (Lipinski definition) is 4. The van der Waals surface area contributed by atoms with Gasteiger partial charge in [0.25, 0.3) is 0 Å². The van der Waals surface area contributed by atoms with Gasteiger partial charge in [-0.2, -0.15) is 0 Å². The minimum Gasteiger partial charge on any atom is -0.449 e. The van der Waals surface area contributed by atoms with Crippen molar-refractivity contribution in [2.45, 2.75) is 26.8 Å². The maximum absolute atomic E-state index is 12.0. The topological polar surface area (TPSA) is 67.9 Å². The molecule has 0 aromatic heterocycles. The van der Waals surface area contributed by atoms with Crippen molar-refractivity contribution in [2.24, 2.45) is 0 Å². The van der Waals surface area contributed by atoms with E-state index >= 15 is 0 Å². The number of nitrogens with zero attached hydrogens (tertiary/aromatic N) is 1. The monoisotopic (exact) mass is 314 g/mol. The molecule has 1 N–H and O–H groups in total. The lowest BCUT2D eigenvalue weighted by molar-refractivity contribution is 0.0582. The first kappa shape index (κ1) is 17.1. The summed E-state index contributed by atoms with van der Waals surface area (Å²) in [5, 5.41) is 1.68. The standard InChI is InChI=1S/C14H19ClN2O4/c1-4-20-13(18)16-17(14(19)21-5-2)10(3)11-6-8-12(15)9-7-11/h6-10H,4-5H2,1-3H3,(H,16,18). The number of rotatable bonds is 4.